The van der Waals surface area contributed by atoms with Gasteiger partial charge in [0, 0.05) is 11.6 Å². The number of terminal acetylenes is 1. The molecule has 1 aromatic rings. The van der Waals surface area contributed by atoms with E-state index in [9.17, 15) is 0 Å². The molecule has 1 aromatic carbocycles. The first-order chi connectivity index (χ1) is 7.26. The first kappa shape index (κ1) is 12.1. The van der Waals surface area contributed by atoms with Crippen molar-refractivity contribution in [3.8, 4) is 12.3 Å². The molecule has 0 aromatic heterocycles. The largest absolute Gasteiger partial charge is 0.303 e. The summed E-state index contributed by atoms with van der Waals surface area (Å²) in [7, 11) is 0. The van der Waals surface area contributed by atoms with Crippen molar-refractivity contribution < 1.29 is 0 Å². The lowest BCUT2D eigenvalue weighted by atomic mass is 10.1. The highest BCUT2D eigenvalue weighted by Crippen LogP contribution is 2.09. The molecule has 0 saturated carbocycles. The summed E-state index contributed by atoms with van der Waals surface area (Å²) in [5.41, 5.74) is 1.28. The summed E-state index contributed by atoms with van der Waals surface area (Å²) in [5.74, 6) is 2.71. The van der Waals surface area contributed by atoms with Crippen molar-refractivity contribution in [1.29, 1.82) is 0 Å². The van der Waals surface area contributed by atoms with E-state index in [2.05, 4.69) is 18.2 Å². The maximum Gasteiger partial charge on any atom is 0.0684 e. The van der Waals surface area contributed by atoms with Crippen LogP contribution in [0.4, 0.5) is 0 Å². The minimum Gasteiger partial charge on any atom is -0.303 e. The van der Waals surface area contributed by atoms with Crippen LogP contribution in [0.3, 0.4) is 0 Å². The van der Waals surface area contributed by atoms with E-state index in [1.165, 1.54) is 5.56 Å². The third-order valence-electron chi connectivity index (χ3n) is 2.33. The van der Waals surface area contributed by atoms with Crippen molar-refractivity contribution in [3.05, 3.63) is 34.9 Å². The number of nitrogens with one attached hydrogen (secondary N) is 1. The Morgan fingerprint density at radius 1 is 1.40 bits per heavy atom. The molecule has 0 radical (unpaired) electrons. The molecule has 0 spiro atoms. The monoisotopic (exact) mass is 221 g/mol. The Hall–Kier alpha value is -0.970. The van der Waals surface area contributed by atoms with Gasteiger partial charge in [0.1, 0.15) is 0 Å². The average Bonchev–Trinajstić information content (AvgIpc) is 2.27. The summed E-state index contributed by atoms with van der Waals surface area (Å²) in [6.07, 6.45) is 7.30. The van der Waals surface area contributed by atoms with Gasteiger partial charge in [-0.3, -0.25) is 0 Å². The van der Waals surface area contributed by atoms with Crippen LogP contribution >= 0.6 is 11.6 Å². The molecular weight excluding hydrogens is 206 g/mol. The second-order valence-corrected chi connectivity index (χ2v) is 3.89. The van der Waals surface area contributed by atoms with Gasteiger partial charge in [-0.15, -0.1) is 6.42 Å². The van der Waals surface area contributed by atoms with Gasteiger partial charge >= 0.3 is 0 Å². The van der Waals surface area contributed by atoms with E-state index in [1.807, 2.05) is 24.3 Å². The third kappa shape index (κ3) is 4.38. The number of halogens is 1. The van der Waals surface area contributed by atoms with Gasteiger partial charge in [-0.05, 0) is 30.5 Å². The van der Waals surface area contributed by atoms with Crippen LogP contribution in [-0.2, 0) is 6.42 Å². The Kier molecular flexibility index (Phi) is 5.25. The van der Waals surface area contributed by atoms with Crippen LogP contribution in [0.5, 0.6) is 0 Å². The van der Waals surface area contributed by atoms with Crippen LogP contribution < -0.4 is 5.32 Å². The molecule has 0 amide bonds. The molecule has 1 atom stereocenters. The minimum atomic E-state index is 0.192. The van der Waals surface area contributed by atoms with Crippen molar-refractivity contribution in [2.75, 3.05) is 6.54 Å². The SMILES string of the molecule is C#CC(CC)NCCc1ccc(Cl)cc1. The van der Waals surface area contributed by atoms with E-state index < -0.39 is 0 Å². The summed E-state index contributed by atoms with van der Waals surface area (Å²) in [4.78, 5) is 0. The normalized spacial score (nSPS) is 12.1. The highest BCUT2D eigenvalue weighted by molar-refractivity contribution is 6.30. The second kappa shape index (κ2) is 6.50. The van der Waals surface area contributed by atoms with Gasteiger partial charge in [0.05, 0.1) is 6.04 Å². The minimum absolute atomic E-state index is 0.192. The molecule has 1 unspecified atom stereocenters. The fourth-order valence-electron chi connectivity index (χ4n) is 1.36. The van der Waals surface area contributed by atoms with Crippen LogP contribution in [0, 0.1) is 12.3 Å². The number of hydrogen-bond donors (Lipinski definition) is 1. The quantitative estimate of drug-likeness (QED) is 0.754. The van der Waals surface area contributed by atoms with Gasteiger partial charge in [0.15, 0.2) is 0 Å². The van der Waals surface area contributed by atoms with Gasteiger partial charge in [0.25, 0.3) is 0 Å². The van der Waals surface area contributed by atoms with Crippen molar-refractivity contribution in [1.82, 2.24) is 5.32 Å². The van der Waals surface area contributed by atoms with E-state index in [0.29, 0.717) is 0 Å². The number of rotatable bonds is 5. The molecule has 0 bridgehead atoms. The Morgan fingerprint density at radius 3 is 2.60 bits per heavy atom. The Labute approximate surface area is 96.8 Å². The third-order valence-corrected chi connectivity index (χ3v) is 2.58. The molecule has 15 heavy (non-hydrogen) atoms. The summed E-state index contributed by atoms with van der Waals surface area (Å²) in [5, 5.41) is 4.09. The van der Waals surface area contributed by atoms with Crippen molar-refractivity contribution >= 4 is 11.6 Å². The zero-order valence-electron chi connectivity index (χ0n) is 8.96. The average molecular weight is 222 g/mol. The van der Waals surface area contributed by atoms with E-state index >= 15 is 0 Å². The van der Waals surface area contributed by atoms with Gasteiger partial charge in [-0.25, -0.2) is 0 Å². The van der Waals surface area contributed by atoms with Crippen molar-refractivity contribution in [2.24, 2.45) is 0 Å². The molecule has 1 nitrogen and oxygen atoms in total. The maximum absolute atomic E-state index is 5.80. The molecule has 0 saturated heterocycles. The van der Waals surface area contributed by atoms with Gasteiger partial charge < -0.3 is 5.32 Å². The summed E-state index contributed by atoms with van der Waals surface area (Å²) in [6, 6.07) is 8.10. The Balaban J connectivity index is 2.32. The topological polar surface area (TPSA) is 12.0 Å². The lowest BCUT2D eigenvalue weighted by molar-refractivity contribution is 0.594. The highest BCUT2D eigenvalue weighted by atomic mass is 35.5. The number of hydrogen-bond acceptors (Lipinski definition) is 1. The van der Waals surface area contributed by atoms with Crippen molar-refractivity contribution in [2.45, 2.75) is 25.8 Å². The molecule has 0 aliphatic rings. The lowest BCUT2D eigenvalue weighted by Gasteiger charge is -2.10. The smallest absolute Gasteiger partial charge is 0.0684 e. The Bertz CT molecular complexity index is 323. The molecule has 1 N–H and O–H groups in total. The summed E-state index contributed by atoms with van der Waals surface area (Å²) >= 11 is 5.80. The first-order valence-corrected chi connectivity index (χ1v) is 5.58. The molecule has 1 rings (SSSR count). The predicted octanol–water partition coefficient (Wildman–Crippen LogP) is 2.88. The molecule has 0 fully saturated rings. The van der Waals surface area contributed by atoms with Crippen LogP contribution in [0.15, 0.2) is 24.3 Å². The molecule has 80 valence electrons. The zero-order valence-corrected chi connectivity index (χ0v) is 9.72. The molecular formula is C13H16ClN. The molecule has 0 aliphatic heterocycles. The zero-order chi connectivity index (χ0) is 11.1. The summed E-state index contributed by atoms with van der Waals surface area (Å²) < 4.78 is 0. The van der Waals surface area contributed by atoms with Crippen LogP contribution in [-0.4, -0.2) is 12.6 Å². The molecule has 0 heterocycles. The van der Waals surface area contributed by atoms with E-state index in [1.54, 1.807) is 0 Å². The van der Waals surface area contributed by atoms with E-state index in [-0.39, 0.29) is 6.04 Å². The van der Waals surface area contributed by atoms with Gasteiger partial charge in [-0.2, -0.15) is 0 Å². The van der Waals surface area contributed by atoms with Crippen molar-refractivity contribution in [3.63, 3.8) is 0 Å². The van der Waals surface area contributed by atoms with E-state index in [4.69, 9.17) is 18.0 Å². The predicted molar refractivity (Wildman–Crippen MR) is 66.1 cm³/mol. The van der Waals surface area contributed by atoms with Crippen LogP contribution in [0.1, 0.15) is 18.9 Å². The number of benzene rings is 1. The fraction of sp³-hybridized carbons (Fsp3) is 0.385. The van der Waals surface area contributed by atoms with Gasteiger partial charge in [0.2, 0.25) is 0 Å². The Morgan fingerprint density at radius 2 is 2.07 bits per heavy atom. The maximum atomic E-state index is 5.80. The molecule has 2 heteroatoms. The highest BCUT2D eigenvalue weighted by Gasteiger charge is 1.99. The standard InChI is InChI=1S/C13H16ClN/c1-3-13(4-2)15-10-9-11-5-7-12(14)8-6-11/h1,5-8,13,15H,4,9-10H2,2H3. The first-order valence-electron chi connectivity index (χ1n) is 5.20. The second-order valence-electron chi connectivity index (χ2n) is 3.46. The van der Waals surface area contributed by atoms with E-state index in [0.717, 1.165) is 24.4 Å². The van der Waals surface area contributed by atoms with Crippen LogP contribution in [0.2, 0.25) is 5.02 Å². The lowest BCUT2D eigenvalue weighted by Crippen LogP contribution is -2.28. The van der Waals surface area contributed by atoms with Crippen LogP contribution in [0.25, 0.3) is 0 Å². The van der Waals surface area contributed by atoms with Gasteiger partial charge in [-0.1, -0.05) is 36.6 Å². The fourth-order valence-corrected chi connectivity index (χ4v) is 1.49. The molecule has 0 aliphatic carbocycles. The summed E-state index contributed by atoms with van der Waals surface area (Å²) in [6.45, 7) is 2.99.